The summed E-state index contributed by atoms with van der Waals surface area (Å²) in [7, 11) is 0. The molecule has 0 fully saturated rings. The van der Waals surface area contributed by atoms with E-state index >= 15 is 0 Å². The first kappa shape index (κ1) is 20.0. The number of hydrogen-bond acceptors (Lipinski definition) is 3. The highest BCUT2D eigenvalue weighted by atomic mass is 79.9. The Hall–Kier alpha value is -2.90. The van der Waals surface area contributed by atoms with Crippen molar-refractivity contribution in [2.24, 2.45) is 0 Å². The Morgan fingerprint density at radius 2 is 1.84 bits per heavy atom. The van der Waals surface area contributed by atoms with Crippen molar-refractivity contribution < 1.29 is 13.5 Å². The zero-order chi connectivity index (χ0) is 21.5. The van der Waals surface area contributed by atoms with Gasteiger partial charge in [0, 0.05) is 15.1 Å². The molecule has 8 heteroatoms. The summed E-state index contributed by atoms with van der Waals surface area (Å²) in [4.78, 5) is 4.72. The minimum absolute atomic E-state index is 0.000340. The number of halogens is 4. The second kappa shape index (κ2) is 7.98. The van der Waals surface area contributed by atoms with Crippen LogP contribution >= 0.6 is 27.5 Å². The van der Waals surface area contributed by atoms with Crippen LogP contribution in [0.1, 0.15) is 17.2 Å². The fourth-order valence-corrected chi connectivity index (χ4v) is 4.21. The predicted octanol–water partition coefficient (Wildman–Crippen LogP) is 7.11. The summed E-state index contributed by atoms with van der Waals surface area (Å²) in [6.07, 6.45) is 1.98. The van der Waals surface area contributed by atoms with Gasteiger partial charge in [-0.05, 0) is 54.1 Å². The summed E-state index contributed by atoms with van der Waals surface area (Å²) in [6.45, 7) is -2.96. The van der Waals surface area contributed by atoms with E-state index in [0.29, 0.717) is 22.2 Å². The summed E-state index contributed by atoms with van der Waals surface area (Å²) < 4.78 is 33.9. The van der Waals surface area contributed by atoms with Gasteiger partial charge in [0.25, 0.3) is 0 Å². The van der Waals surface area contributed by atoms with Gasteiger partial charge in [-0.1, -0.05) is 51.8 Å². The van der Waals surface area contributed by atoms with Crippen LogP contribution in [-0.2, 0) is 0 Å². The maximum Gasteiger partial charge on any atom is 0.387 e. The van der Waals surface area contributed by atoms with Crippen molar-refractivity contribution in [3.8, 4) is 5.75 Å². The smallest absolute Gasteiger partial charge is 0.387 e. The molecule has 31 heavy (non-hydrogen) atoms. The average molecular weight is 503 g/mol. The number of nitrogens with one attached hydrogen (secondary N) is 1. The number of imidazole rings is 1. The van der Waals surface area contributed by atoms with Crippen molar-refractivity contribution in [2.75, 3.05) is 5.32 Å². The summed E-state index contributed by atoms with van der Waals surface area (Å²) in [5, 5.41) is 3.60. The molecular formula is C23H15BrClF2N3O. The van der Waals surface area contributed by atoms with Crippen LogP contribution in [0.2, 0.25) is 5.02 Å². The molecule has 0 aliphatic carbocycles. The van der Waals surface area contributed by atoms with E-state index < -0.39 is 6.61 Å². The molecule has 0 saturated heterocycles. The van der Waals surface area contributed by atoms with Crippen LogP contribution in [0.3, 0.4) is 0 Å². The molecule has 4 nitrogen and oxygen atoms in total. The molecule has 1 N–H and O–H groups in total. The van der Waals surface area contributed by atoms with E-state index in [1.54, 1.807) is 12.1 Å². The van der Waals surface area contributed by atoms with Crippen LogP contribution in [0.15, 0.2) is 77.3 Å². The molecule has 5 rings (SSSR count). The van der Waals surface area contributed by atoms with Crippen molar-refractivity contribution in [2.45, 2.75) is 12.7 Å². The number of hydrogen-bond donors (Lipinski definition) is 1. The standard InChI is InChI=1S/C23H15BrClF2N3O/c24-14-7-5-13(6-8-14)20-12-18(16-10-9-15(25)11-21(16)31-22(26)27)29-23-28-17-3-1-2-4-19(17)30(20)23/h1-12,20,22H,(H,28,29). The minimum atomic E-state index is -2.96. The van der Waals surface area contributed by atoms with Crippen molar-refractivity contribution in [1.82, 2.24) is 9.55 Å². The van der Waals surface area contributed by atoms with Gasteiger partial charge in [0.05, 0.1) is 22.8 Å². The van der Waals surface area contributed by atoms with Gasteiger partial charge in [0.1, 0.15) is 5.75 Å². The Bertz CT molecular complexity index is 1300. The number of allylic oxidation sites excluding steroid dienone is 1. The third-order valence-corrected chi connectivity index (χ3v) is 5.87. The predicted molar refractivity (Wildman–Crippen MR) is 122 cm³/mol. The SMILES string of the molecule is FC(F)Oc1cc(Cl)ccc1C1=CC(c2ccc(Br)cc2)n2c(nc3ccccc32)N1. The number of anilines is 1. The van der Waals surface area contributed by atoms with Gasteiger partial charge in [0.2, 0.25) is 5.95 Å². The second-order valence-electron chi connectivity index (χ2n) is 7.01. The van der Waals surface area contributed by atoms with Crippen LogP contribution in [-0.4, -0.2) is 16.2 Å². The van der Waals surface area contributed by atoms with E-state index in [-0.39, 0.29) is 11.8 Å². The van der Waals surface area contributed by atoms with Crippen LogP contribution in [0.25, 0.3) is 16.7 Å². The average Bonchev–Trinajstić information content (AvgIpc) is 3.12. The van der Waals surface area contributed by atoms with Crippen molar-refractivity contribution in [1.29, 1.82) is 0 Å². The second-order valence-corrected chi connectivity index (χ2v) is 8.37. The normalized spacial score (nSPS) is 15.5. The fraction of sp³-hybridized carbons (Fsp3) is 0.0870. The summed E-state index contributed by atoms with van der Waals surface area (Å²) in [5.41, 5.74) is 3.92. The number of fused-ring (bicyclic) bond motifs is 3. The zero-order valence-electron chi connectivity index (χ0n) is 15.9. The van der Waals surface area contributed by atoms with E-state index in [1.165, 1.54) is 6.07 Å². The Labute approximate surface area is 190 Å². The van der Waals surface area contributed by atoms with E-state index in [4.69, 9.17) is 21.3 Å². The highest BCUT2D eigenvalue weighted by molar-refractivity contribution is 9.10. The summed E-state index contributed by atoms with van der Waals surface area (Å²) >= 11 is 9.50. The van der Waals surface area contributed by atoms with Crippen molar-refractivity contribution in [3.63, 3.8) is 0 Å². The molecule has 1 atom stereocenters. The highest BCUT2D eigenvalue weighted by Crippen LogP contribution is 2.40. The third kappa shape index (κ3) is 3.79. The monoisotopic (exact) mass is 501 g/mol. The maximum absolute atomic E-state index is 13.0. The molecule has 1 aliphatic rings. The summed E-state index contributed by atoms with van der Waals surface area (Å²) in [6, 6.07) is 20.3. The topological polar surface area (TPSA) is 39.1 Å². The molecule has 3 aromatic carbocycles. The quantitative estimate of drug-likeness (QED) is 0.323. The van der Waals surface area contributed by atoms with Crippen LogP contribution in [0, 0.1) is 0 Å². The van der Waals surface area contributed by atoms with Gasteiger partial charge in [-0.25, -0.2) is 4.98 Å². The fourth-order valence-electron chi connectivity index (χ4n) is 3.78. The molecule has 156 valence electrons. The van der Waals surface area contributed by atoms with Gasteiger partial charge in [0.15, 0.2) is 0 Å². The number of ether oxygens (including phenoxy) is 1. The Balaban J connectivity index is 1.70. The summed E-state index contributed by atoms with van der Waals surface area (Å²) in [5.74, 6) is 0.616. The van der Waals surface area contributed by atoms with Crippen LogP contribution < -0.4 is 10.1 Å². The maximum atomic E-state index is 13.0. The van der Waals surface area contributed by atoms with E-state index in [2.05, 4.69) is 25.8 Å². The van der Waals surface area contributed by atoms with Crippen LogP contribution in [0.4, 0.5) is 14.7 Å². The van der Waals surface area contributed by atoms with Gasteiger partial charge >= 0.3 is 6.61 Å². The number of nitrogens with zero attached hydrogens (tertiary/aromatic N) is 2. The number of aromatic nitrogens is 2. The molecule has 1 aliphatic heterocycles. The molecule has 1 aromatic heterocycles. The third-order valence-electron chi connectivity index (χ3n) is 5.11. The first-order valence-corrected chi connectivity index (χ1v) is 10.6. The van der Waals surface area contributed by atoms with Gasteiger partial charge < -0.3 is 10.1 Å². The van der Waals surface area contributed by atoms with Gasteiger partial charge in [-0.2, -0.15) is 8.78 Å². The van der Waals surface area contributed by atoms with E-state index in [0.717, 1.165) is 21.1 Å². The van der Waals surface area contributed by atoms with Gasteiger partial charge in [-0.15, -0.1) is 0 Å². The van der Waals surface area contributed by atoms with Gasteiger partial charge in [-0.3, -0.25) is 4.57 Å². The van der Waals surface area contributed by atoms with Crippen LogP contribution in [0.5, 0.6) is 5.75 Å². The Morgan fingerprint density at radius 3 is 2.61 bits per heavy atom. The molecule has 0 bridgehead atoms. The van der Waals surface area contributed by atoms with E-state index in [1.807, 2.05) is 54.6 Å². The minimum Gasteiger partial charge on any atom is -0.434 e. The first-order valence-electron chi connectivity index (χ1n) is 9.45. The Kier molecular flexibility index (Phi) is 5.16. The molecule has 0 spiro atoms. The van der Waals surface area contributed by atoms with Crippen molar-refractivity contribution in [3.05, 3.63) is 93.4 Å². The zero-order valence-corrected chi connectivity index (χ0v) is 18.2. The lowest BCUT2D eigenvalue weighted by molar-refractivity contribution is -0.0500. The molecule has 0 amide bonds. The Morgan fingerprint density at radius 1 is 1.06 bits per heavy atom. The number of benzene rings is 3. The molecule has 2 heterocycles. The lowest BCUT2D eigenvalue weighted by atomic mass is 10.0. The largest absolute Gasteiger partial charge is 0.434 e. The number of alkyl halides is 2. The molecule has 1 unspecified atom stereocenters. The lowest BCUT2D eigenvalue weighted by Crippen LogP contribution is -2.19. The molecule has 0 saturated carbocycles. The first-order chi connectivity index (χ1) is 15.0. The van der Waals surface area contributed by atoms with Crippen molar-refractivity contribution >= 4 is 50.2 Å². The number of para-hydroxylation sites is 2. The van der Waals surface area contributed by atoms with E-state index in [9.17, 15) is 8.78 Å². The molecule has 0 radical (unpaired) electrons. The molecule has 4 aromatic rings. The number of rotatable bonds is 4. The highest BCUT2D eigenvalue weighted by Gasteiger charge is 2.27. The molecular weight excluding hydrogens is 488 g/mol. The lowest BCUT2D eigenvalue weighted by Gasteiger charge is -2.27.